The van der Waals surface area contributed by atoms with Crippen LogP contribution in [0.2, 0.25) is 0 Å². The maximum absolute atomic E-state index is 4.80. The fraction of sp³-hybridized carbons (Fsp3) is 0.278. The summed E-state index contributed by atoms with van der Waals surface area (Å²) in [5.74, 6) is 0. The van der Waals surface area contributed by atoms with Crippen molar-refractivity contribution in [2.24, 2.45) is 4.99 Å². The van der Waals surface area contributed by atoms with Crippen molar-refractivity contribution in [2.45, 2.75) is 31.2 Å². The predicted molar refractivity (Wildman–Crippen MR) is 80.7 cm³/mol. The van der Waals surface area contributed by atoms with E-state index in [4.69, 9.17) is 4.99 Å². The minimum atomic E-state index is 0.0898. The van der Waals surface area contributed by atoms with Crippen LogP contribution in [0.15, 0.2) is 65.7 Å². The normalized spacial score (nSPS) is 26.3. The highest BCUT2D eigenvalue weighted by atomic mass is 14.8. The molecule has 0 spiro atoms. The molecule has 96 valence electrons. The largest absolute Gasteiger partial charge is 0.289 e. The summed E-state index contributed by atoms with van der Waals surface area (Å²) in [6, 6.07) is 21.6. The molecule has 0 saturated heterocycles. The maximum atomic E-state index is 4.80. The van der Waals surface area contributed by atoms with E-state index in [1.807, 2.05) is 0 Å². The van der Waals surface area contributed by atoms with Crippen LogP contribution >= 0.6 is 0 Å². The third-order valence-corrected chi connectivity index (χ3v) is 4.09. The average molecular weight is 249 g/mol. The van der Waals surface area contributed by atoms with Crippen LogP contribution in [0.3, 0.4) is 0 Å². The van der Waals surface area contributed by atoms with Gasteiger partial charge in [0, 0.05) is 11.6 Å². The van der Waals surface area contributed by atoms with Crippen molar-refractivity contribution in [3.8, 4) is 0 Å². The SMILES string of the molecule is C[C@]1(c2ccccc2)C=N[C@@H](c2ccccc2)CC1. The van der Waals surface area contributed by atoms with Gasteiger partial charge in [0.05, 0.1) is 6.04 Å². The summed E-state index contributed by atoms with van der Waals surface area (Å²) in [5.41, 5.74) is 2.78. The second-order valence-corrected chi connectivity index (χ2v) is 5.53. The molecule has 0 radical (unpaired) electrons. The van der Waals surface area contributed by atoms with Gasteiger partial charge >= 0.3 is 0 Å². The molecule has 0 fully saturated rings. The Morgan fingerprint density at radius 2 is 1.58 bits per heavy atom. The van der Waals surface area contributed by atoms with Gasteiger partial charge < -0.3 is 0 Å². The number of benzene rings is 2. The molecule has 2 aromatic rings. The summed E-state index contributed by atoms with van der Waals surface area (Å²) < 4.78 is 0. The standard InChI is InChI=1S/C18H19N/c1-18(16-10-6-3-7-11-16)13-12-17(19-14-18)15-8-4-2-5-9-15/h2-11,14,17H,12-13H2,1H3/t17-,18-/m1/s1. The fourth-order valence-corrected chi connectivity index (χ4v) is 2.80. The van der Waals surface area contributed by atoms with Gasteiger partial charge in [-0.05, 0) is 24.0 Å². The first-order valence-corrected chi connectivity index (χ1v) is 6.93. The van der Waals surface area contributed by atoms with Crippen molar-refractivity contribution in [3.05, 3.63) is 71.8 Å². The summed E-state index contributed by atoms with van der Waals surface area (Å²) in [7, 11) is 0. The number of hydrogen-bond acceptors (Lipinski definition) is 1. The molecule has 0 saturated carbocycles. The van der Waals surface area contributed by atoms with Crippen LogP contribution in [0.4, 0.5) is 0 Å². The van der Waals surface area contributed by atoms with E-state index in [2.05, 4.69) is 73.8 Å². The molecule has 0 N–H and O–H groups in total. The van der Waals surface area contributed by atoms with Crippen LogP contribution in [0.5, 0.6) is 0 Å². The zero-order valence-electron chi connectivity index (χ0n) is 11.3. The Bertz CT molecular complexity index is 559. The second kappa shape index (κ2) is 5.00. The molecule has 1 aliphatic rings. The highest BCUT2D eigenvalue weighted by Gasteiger charge is 2.29. The number of hydrogen-bond donors (Lipinski definition) is 0. The van der Waals surface area contributed by atoms with E-state index in [-0.39, 0.29) is 5.41 Å². The summed E-state index contributed by atoms with van der Waals surface area (Å²) >= 11 is 0. The molecule has 1 heteroatoms. The van der Waals surface area contributed by atoms with E-state index in [0.29, 0.717) is 6.04 Å². The van der Waals surface area contributed by atoms with E-state index < -0.39 is 0 Å². The number of nitrogens with zero attached hydrogens (tertiary/aromatic N) is 1. The zero-order chi connectivity index (χ0) is 13.1. The quantitative estimate of drug-likeness (QED) is 0.740. The Morgan fingerprint density at radius 3 is 2.16 bits per heavy atom. The van der Waals surface area contributed by atoms with Crippen molar-refractivity contribution in [2.75, 3.05) is 0 Å². The molecule has 0 bridgehead atoms. The summed E-state index contributed by atoms with van der Waals surface area (Å²) in [6.45, 7) is 2.28. The van der Waals surface area contributed by atoms with E-state index in [9.17, 15) is 0 Å². The molecule has 0 unspecified atom stereocenters. The Balaban J connectivity index is 1.84. The first-order valence-electron chi connectivity index (χ1n) is 6.93. The first kappa shape index (κ1) is 12.2. The Kier molecular flexibility index (Phi) is 3.20. The van der Waals surface area contributed by atoms with Gasteiger partial charge in [0.25, 0.3) is 0 Å². The van der Waals surface area contributed by atoms with Gasteiger partial charge in [0.15, 0.2) is 0 Å². The summed E-state index contributed by atoms with van der Waals surface area (Å²) in [6.07, 6.45) is 4.43. The van der Waals surface area contributed by atoms with Gasteiger partial charge in [-0.15, -0.1) is 0 Å². The van der Waals surface area contributed by atoms with Crippen LogP contribution < -0.4 is 0 Å². The summed E-state index contributed by atoms with van der Waals surface area (Å²) in [5, 5.41) is 0. The Morgan fingerprint density at radius 1 is 0.947 bits per heavy atom. The van der Waals surface area contributed by atoms with Crippen molar-refractivity contribution in [3.63, 3.8) is 0 Å². The molecule has 1 heterocycles. The lowest BCUT2D eigenvalue weighted by Gasteiger charge is -2.32. The molecule has 2 atom stereocenters. The minimum absolute atomic E-state index is 0.0898. The highest BCUT2D eigenvalue weighted by Crippen LogP contribution is 2.36. The van der Waals surface area contributed by atoms with Gasteiger partial charge in [-0.3, -0.25) is 4.99 Å². The molecule has 0 aliphatic carbocycles. The second-order valence-electron chi connectivity index (χ2n) is 5.53. The van der Waals surface area contributed by atoms with Crippen LogP contribution in [0.25, 0.3) is 0 Å². The maximum Gasteiger partial charge on any atom is 0.0745 e. The van der Waals surface area contributed by atoms with E-state index in [1.165, 1.54) is 11.1 Å². The molecule has 0 amide bonds. The molecule has 3 rings (SSSR count). The third kappa shape index (κ3) is 2.46. The first-order chi connectivity index (χ1) is 9.28. The van der Waals surface area contributed by atoms with E-state index >= 15 is 0 Å². The third-order valence-electron chi connectivity index (χ3n) is 4.09. The van der Waals surface area contributed by atoms with E-state index in [0.717, 1.165) is 12.8 Å². The van der Waals surface area contributed by atoms with Gasteiger partial charge in [-0.25, -0.2) is 0 Å². The van der Waals surface area contributed by atoms with Gasteiger partial charge in [-0.1, -0.05) is 67.6 Å². The molecule has 19 heavy (non-hydrogen) atoms. The zero-order valence-corrected chi connectivity index (χ0v) is 11.3. The summed E-state index contributed by atoms with van der Waals surface area (Å²) in [4.78, 5) is 4.80. The van der Waals surface area contributed by atoms with Crippen molar-refractivity contribution in [1.29, 1.82) is 0 Å². The molecular formula is C18H19N. The van der Waals surface area contributed by atoms with Crippen molar-refractivity contribution < 1.29 is 0 Å². The van der Waals surface area contributed by atoms with Gasteiger partial charge in [0.1, 0.15) is 0 Å². The average Bonchev–Trinajstić information content (AvgIpc) is 2.50. The van der Waals surface area contributed by atoms with Gasteiger partial charge in [-0.2, -0.15) is 0 Å². The van der Waals surface area contributed by atoms with Crippen LogP contribution in [-0.2, 0) is 5.41 Å². The lowest BCUT2D eigenvalue weighted by atomic mass is 9.76. The molecule has 0 aromatic heterocycles. The lowest BCUT2D eigenvalue weighted by Crippen LogP contribution is -2.28. The Labute approximate surface area is 115 Å². The minimum Gasteiger partial charge on any atom is -0.289 e. The monoisotopic (exact) mass is 249 g/mol. The fourth-order valence-electron chi connectivity index (χ4n) is 2.80. The smallest absolute Gasteiger partial charge is 0.0745 e. The van der Waals surface area contributed by atoms with Crippen molar-refractivity contribution >= 4 is 6.21 Å². The van der Waals surface area contributed by atoms with Crippen LogP contribution in [0, 0.1) is 0 Å². The topological polar surface area (TPSA) is 12.4 Å². The van der Waals surface area contributed by atoms with Crippen LogP contribution in [0.1, 0.15) is 36.9 Å². The highest BCUT2D eigenvalue weighted by molar-refractivity contribution is 5.74. The van der Waals surface area contributed by atoms with Crippen molar-refractivity contribution in [1.82, 2.24) is 0 Å². The molecule has 2 aromatic carbocycles. The van der Waals surface area contributed by atoms with Crippen LogP contribution in [-0.4, -0.2) is 6.21 Å². The molecular weight excluding hydrogens is 230 g/mol. The van der Waals surface area contributed by atoms with E-state index in [1.54, 1.807) is 0 Å². The predicted octanol–water partition coefficient (Wildman–Crippen LogP) is 4.55. The lowest BCUT2D eigenvalue weighted by molar-refractivity contribution is 0.478. The van der Waals surface area contributed by atoms with Gasteiger partial charge in [0.2, 0.25) is 0 Å². The number of aliphatic imine (C=N–C) groups is 1. The number of rotatable bonds is 2. The Hall–Kier alpha value is -1.89. The molecule has 1 nitrogen and oxygen atoms in total. The molecule has 1 aliphatic heterocycles.